The Morgan fingerprint density at radius 2 is 1.29 bits per heavy atom. The average molecular weight is 182 g/mol. The molecule has 0 fully saturated rings. The molecule has 1 aliphatic rings. The molecule has 0 heteroatoms. The summed E-state index contributed by atoms with van der Waals surface area (Å²) in [6, 6.07) is 13.3. The summed E-state index contributed by atoms with van der Waals surface area (Å²) >= 11 is 0. The van der Waals surface area contributed by atoms with Gasteiger partial charge in [-0.1, -0.05) is 50.2 Å². The second-order valence-corrected chi connectivity index (χ2v) is 4.37. The van der Waals surface area contributed by atoms with Crippen LogP contribution in [-0.2, 0) is 0 Å². The largest absolute Gasteiger partial charge is 0.0613 e. The van der Waals surface area contributed by atoms with Crippen molar-refractivity contribution in [2.24, 2.45) is 0 Å². The van der Waals surface area contributed by atoms with Gasteiger partial charge in [-0.05, 0) is 33.7 Å². The van der Waals surface area contributed by atoms with Crippen LogP contribution in [0.15, 0.2) is 36.4 Å². The molecule has 0 heterocycles. The highest BCUT2D eigenvalue weighted by Crippen LogP contribution is 2.45. The van der Waals surface area contributed by atoms with Crippen LogP contribution in [0.1, 0.15) is 36.8 Å². The lowest BCUT2D eigenvalue weighted by atomic mass is 9.94. The molecule has 2 atom stereocenters. The summed E-state index contributed by atoms with van der Waals surface area (Å²) in [6.45, 7) is 4.67. The van der Waals surface area contributed by atoms with E-state index in [0.29, 0.717) is 11.8 Å². The van der Waals surface area contributed by atoms with Crippen LogP contribution in [-0.4, -0.2) is 0 Å². The van der Waals surface area contributed by atoms with Gasteiger partial charge in [-0.25, -0.2) is 0 Å². The first-order chi connectivity index (χ1) is 6.79. The average Bonchev–Trinajstić information content (AvgIpc) is 2.47. The molecule has 0 unspecified atom stereocenters. The molecular formula is C14H14. The molecule has 0 radical (unpaired) electrons. The standard InChI is InChI=1S/C14H14/c1-9-10(2)13-8-4-6-11-5-3-7-12(9)14(11)13/h3-10H,1-2H3/t9-,10+. The number of hydrogen-bond donors (Lipinski definition) is 0. The van der Waals surface area contributed by atoms with Crippen molar-refractivity contribution in [3.63, 3.8) is 0 Å². The molecule has 0 aromatic heterocycles. The predicted molar refractivity (Wildman–Crippen MR) is 60.8 cm³/mol. The normalized spacial score (nSPS) is 24.4. The van der Waals surface area contributed by atoms with E-state index < -0.39 is 0 Å². The molecule has 1 aliphatic carbocycles. The molecule has 0 nitrogen and oxygen atoms in total. The van der Waals surface area contributed by atoms with Gasteiger partial charge in [-0.15, -0.1) is 0 Å². The van der Waals surface area contributed by atoms with Gasteiger partial charge >= 0.3 is 0 Å². The van der Waals surface area contributed by atoms with Gasteiger partial charge in [0.15, 0.2) is 0 Å². The second kappa shape index (κ2) is 2.60. The Balaban J connectivity index is 2.49. The zero-order valence-electron chi connectivity index (χ0n) is 8.62. The van der Waals surface area contributed by atoms with E-state index in [-0.39, 0.29) is 0 Å². The van der Waals surface area contributed by atoms with Crippen molar-refractivity contribution in [3.05, 3.63) is 47.5 Å². The van der Waals surface area contributed by atoms with Crippen LogP contribution in [0.5, 0.6) is 0 Å². The summed E-state index contributed by atoms with van der Waals surface area (Å²) < 4.78 is 0. The van der Waals surface area contributed by atoms with Crippen LogP contribution in [0.2, 0.25) is 0 Å². The van der Waals surface area contributed by atoms with Gasteiger partial charge in [0, 0.05) is 0 Å². The first-order valence-electron chi connectivity index (χ1n) is 5.30. The van der Waals surface area contributed by atoms with Crippen LogP contribution in [0, 0.1) is 0 Å². The van der Waals surface area contributed by atoms with Crippen LogP contribution in [0.25, 0.3) is 10.8 Å². The highest BCUT2D eigenvalue weighted by Gasteiger charge is 2.27. The fourth-order valence-electron chi connectivity index (χ4n) is 2.70. The maximum Gasteiger partial charge on any atom is -0.0114 e. The van der Waals surface area contributed by atoms with Gasteiger partial charge in [0.1, 0.15) is 0 Å². The highest BCUT2D eigenvalue weighted by molar-refractivity contribution is 5.92. The van der Waals surface area contributed by atoms with Gasteiger partial charge in [-0.3, -0.25) is 0 Å². The smallest absolute Gasteiger partial charge is 0.0114 e. The van der Waals surface area contributed by atoms with E-state index in [1.165, 1.54) is 21.9 Å². The van der Waals surface area contributed by atoms with Crippen molar-refractivity contribution < 1.29 is 0 Å². The first kappa shape index (κ1) is 8.05. The molecule has 70 valence electrons. The number of benzene rings is 2. The summed E-state index contributed by atoms with van der Waals surface area (Å²) in [4.78, 5) is 0. The fraction of sp³-hybridized carbons (Fsp3) is 0.286. The second-order valence-electron chi connectivity index (χ2n) is 4.37. The van der Waals surface area contributed by atoms with E-state index in [9.17, 15) is 0 Å². The summed E-state index contributed by atoms with van der Waals surface area (Å²) in [6.07, 6.45) is 0. The van der Waals surface area contributed by atoms with Gasteiger partial charge in [0.2, 0.25) is 0 Å². The van der Waals surface area contributed by atoms with Crippen LogP contribution in [0.3, 0.4) is 0 Å². The molecule has 0 aliphatic heterocycles. The zero-order valence-corrected chi connectivity index (χ0v) is 8.62. The van der Waals surface area contributed by atoms with Gasteiger partial charge in [0.25, 0.3) is 0 Å². The molecular weight excluding hydrogens is 168 g/mol. The Bertz CT molecular complexity index is 454. The van der Waals surface area contributed by atoms with Crippen molar-refractivity contribution in [1.82, 2.24) is 0 Å². The quantitative estimate of drug-likeness (QED) is 0.576. The van der Waals surface area contributed by atoms with Crippen molar-refractivity contribution in [2.75, 3.05) is 0 Å². The minimum Gasteiger partial charge on any atom is -0.0613 e. The van der Waals surface area contributed by atoms with Gasteiger partial charge in [-0.2, -0.15) is 0 Å². The van der Waals surface area contributed by atoms with Crippen LogP contribution in [0.4, 0.5) is 0 Å². The molecule has 0 saturated heterocycles. The lowest BCUT2D eigenvalue weighted by Crippen LogP contribution is -1.95. The monoisotopic (exact) mass is 182 g/mol. The Morgan fingerprint density at radius 1 is 0.786 bits per heavy atom. The predicted octanol–water partition coefficient (Wildman–Crippen LogP) is 4.06. The van der Waals surface area contributed by atoms with Gasteiger partial charge in [0.05, 0.1) is 0 Å². The summed E-state index contributed by atoms with van der Waals surface area (Å²) in [5, 5.41) is 2.91. The van der Waals surface area contributed by atoms with E-state index in [1.54, 1.807) is 0 Å². The van der Waals surface area contributed by atoms with E-state index >= 15 is 0 Å². The minimum absolute atomic E-state index is 0.677. The molecule has 0 amide bonds. The molecule has 0 spiro atoms. The molecule has 14 heavy (non-hydrogen) atoms. The van der Waals surface area contributed by atoms with Crippen molar-refractivity contribution >= 4 is 10.8 Å². The number of hydrogen-bond acceptors (Lipinski definition) is 0. The third-order valence-corrected chi connectivity index (χ3v) is 3.70. The molecule has 0 saturated carbocycles. The first-order valence-corrected chi connectivity index (χ1v) is 5.30. The van der Waals surface area contributed by atoms with Crippen LogP contribution < -0.4 is 0 Å². The molecule has 2 aromatic carbocycles. The highest BCUT2D eigenvalue weighted by atomic mass is 14.3. The van der Waals surface area contributed by atoms with Crippen molar-refractivity contribution in [3.8, 4) is 0 Å². The molecule has 0 N–H and O–H groups in total. The van der Waals surface area contributed by atoms with Crippen molar-refractivity contribution in [2.45, 2.75) is 25.7 Å². The van der Waals surface area contributed by atoms with E-state index in [4.69, 9.17) is 0 Å². The van der Waals surface area contributed by atoms with Crippen molar-refractivity contribution in [1.29, 1.82) is 0 Å². The third-order valence-electron chi connectivity index (χ3n) is 3.70. The Morgan fingerprint density at radius 3 is 1.79 bits per heavy atom. The topological polar surface area (TPSA) is 0 Å². The van der Waals surface area contributed by atoms with Gasteiger partial charge < -0.3 is 0 Å². The minimum atomic E-state index is 0.677. The molecule has 0 bridgehead atoms. The van der Waals surface area contributed by atoms with E-state index in [2.05, 4.69) is 50.2 Å². The SMILES string of the molecule is C[C@@H]1c2cccc3cccc(c23)[C@@H]1C. The maximum absolute atomic E-state index is 2.33. The van der Waals surface area contributed by atoms with E-state index in [0.717, 1.165) is 0 Å². The molecule has 2 aromatic rings. The number of rotatable bonds is 0. The summed E-state index contributed by atoms with van der Waals surface area (Å²) in [5.41, 5.74) is 3.07. The van der Waals surface area contributed by atoms with Crippen LogP contribution >= 0.6 is 0 Å². The third kappa shape index (κ3) is 0.836. The fourth-order valence-corrected chi connectivity index (χ4v) is 2.70. The summed E-state index contributed by atoms with van der Waals surface area (Å²) in [5.74, 6) is 1.35. The summed E-state index contributed by atoms with van der Waals surface area (Å²) in [7, 11) is 0. The Kier molecular flexibility index (Phi) is 1.49. The maximum atomic E-state index is 2.33. The lowest BCUT2D eigenvalue weighted by molar-refractivity contribution is 0.655. The molecule has 3 rings (SSSR count). The Hall–Kier alpha value is -1.30. The Labute approximate surface area is 84.6 Å². The zero-order chi connectivity index (χ0) is 9.71. The van der Waals surface area contributed by atoms with E-state index in [1.807, 2.05) is 0 Å². The lowest BCUT2D eigenvalue weighted by Gasteiger charge is -2.10.